The molecule has 0 fully saturated rings. The molecular weight excluding hydrogens is 376 g/mol. The summed E-state index contributed by atoms with van der Waals surface area (Å²) in [6.45, 7) is 7.48. The number of hydrogen-bond donors (Lipinski definition) is 1. The van der Waals surface area contributed by atoms with Crippen LogP contribution in [0, 0.1) is 0 Å². The molecule has 0 atom stereocenters. The van der Waals surface area contributed by atoms with Crippen LogP contribution in [0.25, 0.3) is 10.8 Å². The Morgan fingerprint density at radius 3 is 1.90 bits per heavy atom. The smallest absolute Gasteiger partial charge is 0.333 e. The first-order chi connectivity index (χ1) is 14.1. The van der Waals surface area contributed by atoms with Crippen LogP contribution < -0.4 is 9.47 Å². The van der Waals surface area contributed by atoms with E-state index in [1.54, 1.807) is 6.92 Å². The van der Waals surface area contributed by atoms with Crippen molar-refractivity contribution in [3.05, 3.63) is 48.6 Å². The highest BCUT2D eigenvalue weighted by molar-refractivity contribution is 5.93. The third kappa shape index (κ3) is 7.73. The van der Waals surface area contributed by atoms with Gasteiger partial charge in [0.1, 0.15) is 31.3 Å². The number of hydrogen-bond acceptors (Lipinski definition) is 7. The van der Waals surface area contributed by atoms with Gasteiger partial charge < -0.3 is 28.8 Å². The van der Waals surface area contributed by atoms with Crippen molar-refractivity contribution >= 4 is 16.7 Å². The number of benzene rings is 2. The number of aliphatic hydroxyl groups is 1. The molecule has 0 aliphatic heterocycles. The van der Waals surface area contributed by atoms with Crippen molar-refractivity contribution in [3.8, 4) is 11.5 Å². The van der Waals surface area contributed by atoms with E-state index in [0.717, 1.165) is 16.5 Å². The Kier molecular flexibility index (Phi) is 9.99. The molecule has 29 heavy (non-hydrogen) atoms. The summed E-state index contributed by atoms with van der Waals surface area (Å²) in [5, 5.41) is 10.8. The van der Waals surface area contributed by atoms with Crippen LogP contribution >= 0.6 is 0 Å². The van der Waals surface area contributed by atoms with E-state index in [1.807, 2.05) is 36.4 Å². The van der Waals surface area contributed by atoms with Gasteiger partial charge >= 0.3 is 5.97 Å². The molecule has 2 aromatic rings. The number of carbonyl (C=O) groups excluding carboxylic acids is 1. The second kappa shape index (κ2) is 12.8. The van der Waals surface area contributed by atoms with Gasteiger partial charge in [-0.2, -0.15) is 0 Å². The molecule has 0 spiro atoms. The van der Waals surface area contributed by atoms with Crippen LogP contribution in [-0.2, 0) is 19.0 Å². The normalized spacial score (nSPS) is 10.7. The molecule has 0 heterocycles. The summed E-state index contributed by atoms with van der Waals surface area (Å²) in [4.78, 5) is 11.2. The predicted octanol–water partition coefficient (Wildman–Crippen LogP) is 2.74. The minimum absolute atomic E-state index is 0.0344. The van der Waals surface area contributed by atoms with Crippen LogP contribution in [0.3, 0.4) is 0 Å². The molecule has 0 saturated carbocycles. The van der Waals surface area contributed by atoms with Gasteiger partial charge in [-0.15, -0.1) is 0 Å². The lowest BCUT2D eigenvalue weighted by Crippen LogP contribution is -2.14. The maximum atomic E-state index is 11.2. The average Bonchev–Trinajstić information content (AvgIpc) is 2.73. The Labute approximate surface area is 170 Å². The Morgan fingerprint density at radius 1 is 0.828 bits per heavy atom. The fourth-order valence-corrected chi connectivity index (χ4v) is 2.50. The minimum atomic E-state index is -0.414. The SMILES string of the molecule is C=C(C)C(=O)OCCOCCOCCOc1ccc(OCCO)c2ccccc12. The van der Waals surface area contributed by atoms with E-state index in [0.29, 0.717) is 44.4 Å². The topological polar surface area (TPSA) is 83.5 Å². The van der Waals surface area contributed by atoms with E-state index >= 15 is 0 Å². The Morgan fingerprint density at radius 2 is 1.34 bits per heavy atom. The van der Waals surface area contributed by atoms with E-state index in [9.17, 15) is 4.79 Å². The summed E-state index contributed by atoms with van der Waals surface area (Å²) in [6, 6.07) is 11.5. The lowest BCUT2D eigenvalue weighted by molar-refractivity contribution is -0.140. The highest BCUT2D eigenvalue weighted by Crippen LogP contribution is 2.33. The molecule has 158 valence electrons. The minimum Gasteiger partial charge on any atom is -0.491 e. The summed E-state index contributed by atoms with van der Waals surface area (Å²) in [7, 11) is 0. The van der Waals surface area contributed by atoms with Gasteiger partial charge in [-0.1, -0.05) is 30.8 Å². The van der Waals surface area contributed by atoms with Crippen molar-refractivity contribution in [2.75, 3.05) is 52.9 Å². The summed E-state index contributed by atoms with van der Waals surface area (Å²) in [5.41, 5.74) is 0.369. The van der Waals surface area contributed by atoms with Crippen molar-refractivity contribution in [2.24, 2.45) is 0 Å². The molecule has 7 nitrogen and oxygen atoms in total. The number of aliphatic hydroxyl groups excluding tert-OH is 1. The van der Waals surface area contributed by atoms with Crippen molar-refractivity contribution in [1.82, 2.24) is 0 Å². The number of esters is 1. The zero-order valence-electron chi connectivity index (χ0n) is 16.7. The lowest BCUT2D eigenvalue weighted by atomic mass is 10.1. The monoisotopic (exact) mass is 404 g/mol. The highest BCUT2D eigenvalue weighted by atomic mass is 16.6. The van der Waals surface area contributed by atoms with Crippen molar-refractivity contribution in [3.63, 3.8) is 0 Å². The molecule has 0 saturated heterocycles. The standard InChI is InChI=1S/C22H28O7/c1-17(2)22(24)29-16-14-26-12-11-25-13-15-28-21-8-7-20(27-10-9-23)18-5-3-4-6-19(18)21/h3-8,23H,1,9-16H2,2H3. The van der Waals surface area contributed by atoms with Crippen LogP contribution in [-0.4, -0.2) is 63.9 Å². The van der Waals surface area contributed by atoms with Crippen molar-refractivity contribution in [2.45, 2.75) is 6.92 Å². The van der Waals surface area contributed by atoms with Gasteiger partial charge in [0.2, 0.25) is 0 Å². The van der Waals surface area contributed by atoms with Gasteiger partial charge in [0.05, 0.1) is 33.0 Å². The maximum absolute atomic E-state index is 11.2. The predicted molar refractivity (Wildman–Crippen MR) is 109 cm³/mol. The lowest BCUT2D eigenvalue weighted by Gasteiger charge is -2.13. The summed E-state index contributed by atoms with van der Waals surface area (Å²) >= 11 is 0. The number of ether oxygens (including phenoxy) is 5. The first-order valence-corrected chi connectivity index (χ1v) is 9.50. The summed E-state index contributed by atoms with van der Waals surface area (Å²) in [5.74, 6) is 1.04. The van der Waals surface area contributed by atoms with Gasteiger partial charge in [0, 0.05) is 16.3 Å². The second-order valence-electron chi connectivity index (χ2n) is 6.17. The third-order valence-electron chi connectivity index (χ3n) is 3.86. The van der Waals surface area contributed by atoms with E-state index < -0.39 is 5.97 Å². The van der Waals surface area contributed by atoms with Crippen LogP contribution in [0.15, 0.2) is 48.6 Å². The number of carbonyl (C=O) groups is 1. The highest BCUT2D eigenvalue weighted by Gasteiger charge is 2.08. The fourth-order valence-electron chi connectivity index (χ4n) is 2.50. The molecule has 0 unspecified atom stereocenters. The quantitative estimate of drug-likeness (QED) is 0.294. The number of rotatable bonds is 14. The maximum Gasteiger partial charge on any atom is 0.333 e. The van der Waals surface area contributed by atoms with Gasteiger partial charge in [0.25, 0.3) is 0 Å². The molecule has 2 aromatic carbocycles. The van der Waals surface area contributed by atoms with E-state index in [4.69, 9.17) is 28.8 Å². The molecule has 0 aromatic heterocycles. The molecular formula is C22H28O7. The van der Waals surface area contributed by atoms with Crippen LogP contribution in [0.1, 0.15) is 6.92 Å². The van der Waals surface area contributed by atoms with Crippen LogP contribution in [0.2, 0.25) is 0 Å². The third-order valence-corrected chi connectivity index (χ3v) is 3.86. The molecule has 0 radical (unpaired) electrons. The number of fused-ring (bicyclic) bond motifs is 1. The van der Waals surface area contributed by atoms with Gasteiger partial charge in [-0.25, -0.2) is 4.79 Å². The summed E-state index contributed by atoms with van der Waals surface area (Å²) < 4.78 is 27.1. The van der Waals surface area contributed by atoms with Gasteiger partial charge in [-0.3, -0.25) is 0 Å². The van der Waals surface area contributed by atoms with Crippen LogP contribution in [0.5, 0.6) is 11.5 Å². The molecule has 1 N–H and O–H groups in total. The van der Waals surface area contributed by atoms with E-state index in [1.165, 1.54) is 0 Å². The zero-order chi connectivity index (χ0) is 20.9. The molecule has 2 rings (SSSR count). The Bertz CT molecular complexity index is 788. The van der Waals surface area contributed by atoms with Gasteiger partial charge in [-0.05, 0) is 19.1 Å². The van der Waals surface area contributed by atoms with Crippen LogP contribution in [0.4, 0.5) is 0 Å². The van der Waals surface area contributed by atoms with E-state index in [-0.39, 0.29) is 19.8 Å². The zero-order valence-corrected chi connectivity index (χ0v) is 16.7. The van der Waals surface area contributed by atoms with Crippen molar-refractivity contribution < 1.29 is 33.6 Å². The Hall–Kier alpha value is -2.61. The molecule has 0 bridgehead atoms. The van der Waals surface area contributed by atoms with Gasteiger partial charge in [0.15, 0.2) is 0 Å². The molecule has 0 aliphatic rings. The fraction of sp³-hybridized carbons (Fsp3) is 0.409. The molecule has 0 aliphatic carbocycles. The first kappa shape index (κ1) is 22.7. The van der Waals surface area contributed by atoms with Crippen molar-refractivity contribution in [1.29, 1.82) is 0 Å². The molecule has 7 heteroatoms. The Balaban J connectivity index is 1.65. The average molecular weight is 404 g/mol. The first-order valence-electron chi connectivity index (χ1n) is 9.50. The summed E-state index contributed by atoms with van der Waals surface area (Å²) in [6.07, 6.45) is 0. The largest absolute Gasteiger partial charge is 0.491 e. The van der Waals surface area contributed by atoms with E-state index in [2.05, 4.69) is 6.58 Å². The second-order valence-corrected chi connectivity index (χ2v) is 6.17. The molecule has 0 amide bonds.